The van der Waals surface area contributed by atoms with Crippen molar-refractivity contribution in [1.29, 1.82) is 0 Å². The molecule has 0 atom stereocenters. The second kappa shape index (κ2) is 8.64. The van der Waals surface area contributed by atoms with E-state index in [9.17, 15) is 9.59 Å². The Balaban J connectivity index is 1.74. The van der Waals surface area contributed by atoms with Crippen molar-refractivity contribution in [2.45, 2.75) is 6.92 Å². The van der Waals surface area contributed by atoms with Gasteiger partial charge in [-0.3, -0.25) is 14.9 Å². The molecule has 3 aromatic carbocycles. The number of carbonyl (C=O) groups is 2. The smallest absolute Gasteiger partial charge is 0.366 e. The molecule has 140 valence electrons. The summed E-state index contributed by atoms with van der Waals surface area (Å²) in [5.41, 5.74) is 9.48. The third-order valence-electron chi connectivity index (χ3n) is 4.05. The molecule has 0 bridgehead atoms. The van der Waals surface area contributed by atoms with Crippen molar-refractivity contribution < 1.29 is 14.4 Å². The van der Waals surface area contributed by atoms with Crippen molar-refractivity contribution in [3.05, 3.63) is 90.0 Å². The molecule has 0 saturated heterocycles. The second-order valence-corrected chi connectivity index (χ2v) is 6.07. The van der Waals surface area contributed by atoms with Gasteiger partial charge in [-0.15, -0.1) is 0 Å². The van der Waals surface area contributed by atoms with Crippen molar-refractivity contribution in [2.24, 2.45) is 10.9 Å². The fourth-order valence-electron chi connectivity index (χ4n) is 2.60. The number of amides is 2. The van der Waals surface area contributed by atoms with Gasteiger partial charge in [-0.1, -0.05) is 53.7 Å². The monoisotopic (exact) mass is 373 g/mol. The Labute approximate surface area is 162 Å². The number of nitrogens with zero attached hydrogens (tertiary/aromatic N) is 1. The predicted octanol–water partition coefficient (Wildman–Crippen LogP) is 4.43. The topological polar surface area (TPSA) is 93.8 Å². The van der Waals surface area contributed by atoms with Crippen LogP contribution in [0.1, 0.15) is 22.8 Å². The van der Waals surface area contributed by atoms with Crippen LogP contribution in [0.25, 0.3) is 11.1 Å². The summed E-state index contributed by atoms with van der Waals surface area (Å²) in [6, 6.07) is 23.6. The summed E-state index contributed by atoms with van der Waals surface area (Å²) in [6.45, 7) is 1.74. The lowest BCUT2D eigenvalue weighted by Crippen LogP contribution is -2.11. The van der Waals surface area contributed by atoms with Crippen LogP contribution in [0.5, 0.6) is 0 Å². The minimum Gasteiger partial charge on any atom is -0.366 e. The SMILES string of the molecule is CC(=NOC(=O)Nc1ccccc1)c1cccc(-c2cccc(C(N)=O)c2)c1. The molecule has 28 heavy (non-hydrogen) atoms. The third-order valence-corrected chi connectivity index (χ3v) is 4.05. The highest BCUT2D eigenvalue weighted by Crippen LogP contribution is 2.22. The number of benzene rings is 3. The van der Waals surface area contributed by atoms with Crippen LogP contribution in [0.4, 0.5) is 10.5 Å². The Morgan fingerprint density at radius 1 is 0.857 bits per heavy atom. The molecule has 0 aliphatic carbocycles. The lowest BCUT2D eigenvalue weighted by molar-refractivity contribution is 0.1000. The van der Waals surface area contributed by atoms with E-state index in [0.29, 0.717) is 17.0 Å². The highest BCUT2D eigenvalue weighted by molar-refractivity contribution is 6.00. The van der Waals surface area contributed by atoms with Gasteiger partial charge >= 0.3 is 6.09 Å². The van der Waals surface area contributed by atoms with Gasteiger partial charge in [-0.25, -0.2) is 4.79 Å². The molecule has 3 aromatic rings. The fourth-order valence-corrected chi connectivity index (χ4v) is 2.60. The molecule has 0 saturated carbocycles. The van der Waals surface area contributed by atoms with Crippen LogP contribution in [0.3, 0.4) is 0 Å². The minimum absolute atomic E-state index is 0.439. The van der Waals surface area contributed by atoms with E-state index in [0.717, 1.165) is 16.7 Å². The van der Waals surface area contributed by atoms with Gasteiger partial charge in [0.1, 0.15) is 0 Å². The first-order valence-corrected chi connectivity index (χ1v) is 8.61. The van der Waals surface area contributed by atoms with Gasteiger partial charge in [-0.05, 0) is 53.9 Å². The minimum atomic E-state index is -0.670. The zero-order valence-corrected chi connectivity index (χ0v) is 15.3. The Morgan fingerprint density at radius 2 is 1.46 bits per heavy atom. The maximum atomic E-state index is 11.9. The van der Waals surface area contributed by atoms with Crippen molar-refractivity contribution >= 4 is 23.4 Å². The van der Waals surface area contributed by atoms with Crippen LogP contribution in [0, 0.1) is 0 Å². The first kappa shape index (κ1) is 18.8. The van der Waals surface area contributed by atoms with E-state index in [2.05, 4.69) is 10.5 Å². The molecule has 0 aliphatic rings. The van der Waals surface area contributed by atoms with Crippen LogP contribution in [-0.4, -0.2) is 17.7 Å². The van der Waals surface area contributed by atoms with E-state index in [4.69, 9.17) is 10.6 Å². The van der Waals surface area contributed by atoms with Crippen LogP contribution < -0.4 is 11.1 Å². The Kier molecular flexibility index (Phi) is 5.81. The van der Waals surface area contributed by atoms with Crippen LogP contribution >= 0.6 is 0 Å². The average Bonchev–Trinajstić information content (AvgIpc) is 2.73. The molecule has 0 radical (unpaired) electrons. The van der Waals surface area contributed by atoms with Gasteiger partial charge < -0.3 is 5.73 Å². The number of primary amides is 1. The highest BCUT2D eigenvalue weighted by Gasteiger charge is 2.07. The molecular formula is C22H19N3O3. The van der Waals surface area contributed by atoms with Gasteiger partial charge in [0.05, 0.1) is 5.71 Å². The quantitative estimate of drug-likeness (QED) is 0.394. The Bertz CT molecular complexity index is 1030. The molecule has 0 heterocycles. The largest absolute Gasteiger partial charge is 0.437 e. The molecular weight excluding hydrogens is 354 g/mol. The number of para-hydroxylation sites is 1. The van der Waals surface area contributed by atoms with Gasteiger partial charge in [0.25, 0.3) is 0 Å². The van der Waals surface area contributed by atoms with E-state index in [1.54, 1.807) is 37.3 Å². The highest BCUT2D eigenvalue weighted by atomic mass is 16.7. The fraction of sp³-hybridized carbons (Fsp3) is 0.0455. The number of rotatable bonds is 5. The van der Waals surface area contributed by atoms with Gasteiger partial charge in [0.2, 0.25) is 5.91 Å². The maximum Gasteiger partial charge on any atom is 0.437 e. The van der Waals surface area contributed by atoms with E-state index in [1.807, 2.05) is 48.5 Å². The number of carbonyl (C=O) groups excluding carboxylic acids is 2. The number of hydrogen-bond donors (Lipinski definition) is 2. The van der Waals surface area contributed by atoms with E-state index in [1.165, 1.54) is 0 Å². The van der Waals surface area contributed by atoms with Crippen molar-refractivity contribution in [2.75, 3.05) is 5.32 Å². The predicted molar refractivity (Wildman–Crippen MR) is 109 cm³/mol. The van der Waals surface area contributed by atoms with Crippen molar-refractivity contribution in [3.63, 3.8) is 0 Å². The molecule has 6 nitrogen and oxygen atoms in total. The van der Waals surface area contributed by atoms with Gasteiger partial charge in [-0.2, -0.15) is 0 Å². The van der Waals surface area contributed by atoms with Crippen molar-refractivity contribution in [1.82, 2.24) is 0 Å². The maximum absolute atomic E-state index is 11.9. The molecule has 0 aliphatic heterocycles. The van der Waals surface area contributed by atoms with E-state index in [-0.39, 0.29) is 0 Å². The summed E-state index contributed by atoms with van der Waals surface area (Å²) in [4.78, 5) is 28.2. The zero-order chi connectivity index (χ0) is 19.9. The number of nitrogens with two attached hydrogens (primary N) is 1. The van der Waals surface area contributed by atoms with Crippen LogP contribution in [0.15, 0.2) is 84.0 Å². The average molecular weight is 373 g/mol. The summed E-state index contributed by atoms with van der Waals surface area (Å²) in [5.74, 6) is -0.478. The molecule has 0 unspecified atom stereocenters. The van der Waals surface area contributed by atoms with Gasteiger partial charge in [0.15, 0.2) is 0 Å². The first-order chi connectivity index (χ1) is 13.5. The number of hydrogen-bond acceptors (Lipinski definition) is 4. The molecule has 0 spiro atoms. The zero-order valence-electron chi connectivity index (χ0n) is 15.3. The molecule has 3 rings (SSSR count). The van der Waals surface area contributed by atoms with Gasteiger partial charge in [0, 0.05) is 11.3 Å². The summed E-state index contributed by atoms with van der Waals surface area (Å²) in [7, 11) is 0. The third kappa shape index (κ3) is 4.82. The summed E-state index contributed by atoms with van der Waals surface area (Å²) in [5, 5.41) is 6.49. The van der Waals surface area contributed by atoms with E-state index >= 15 is 0 Å². The lowest BCUT2D eigenvalue weighted by Gasteiger charge is -2.07. The summed E-state index contributed by atoms with van der Waals surface area (Å²) < 4.78 is 0. The number of anilines is 1. The number of nitrogens with one attached hydrogen (secondary N) is 1. The molecule has 2 amide bonds. The standard InChI is InChI=1S/C22H19N3O3/c1-15(25-28-22(27)24-20-11-3-2-4-12-20)16-7-5-8-17(13-16)18-9-6-10-19(14-18)21(23)26/h2-14H,1H3,(H2,23,26)(H,24,27). The Hall–Kier alpha value is -3.93. The summed E-state index contributed by atoms with van der Waals surface area (Å²) in [6.07, 6.45) is -0.670. The van der Waals surface area contributed by atoms with Crippen LogP contribution in [0.2, 0.25) is 0 Å². The summed E-state index contributed by atoms with van der Waals surface area (Å²) >= 11 is 0. The van der Waals surface area contributed by atoms with E-state index < -0.39 is 12.0 Å². The normalized spacial score (nSPS) is 11.0. The Morgan fingerprint density at radius 3 is 2.11 bits per heavy atom. The lowest BCUT2D eigenvalue weighted by atomic mass is 10.00. The number of oxime groups is 1. The molecule has 3 N–H and O–H groups in total. The second-order valence-electron chi connectivity index (χ2n) is 6.07. The molecule has 0 fully saturated rings. The first-order valence-electron chi connectivity index (χ1n) is 8.61. The molecule has 6 heteroatoms. The molecule has 0 aromatic heterocycles. The van der Waals surface area contributed by atoms with Crippen molar-refractivity contribution in [3.8, 4) is 11.1 Å². The van der Waals surface area contributed by atoms with Crippen LogP contribution in [-0.2, 0) is 4.84 Å².